The molecule has 23 heavy (non-hydrogen) atoms. The van der Waals surface area contributed by atoms with Crippen molar-refractivity contribution in [2.45, 2.75) is 38.0 Å². The zero-order valence-corrected chi connectivity index (χ0v) is 14.3. The first-order valence-electron chi connectivity index (χ1n) is 7.94. The van der Waals surface area contributed by atoms with Gasteiger partial charge in [-0.25, -0.2) is 13.6 Å². The average molecular weight is 336 g/mol. The Bertz CT molecular complexity index is 682. The van der Waals surface area contributed by atoms with Crippen molar-refractivity contribution in [2.24, 2.45) is 5.14 Å². The number of nitrogens with one attached hydrogen (secondary N) is 1. The quantitative estimate of drug-likeness (QED) is 0.822. The molecule has 0 radical (unpaired) electrons. The lowest BCUT2D eigenvalue weighted by Crippen LogP contribution is -2.43. The number of rotatable bonds is 6. The van der Waals surface area contributed by atoms with Crippen molar-refractivity contribution in [1.82, 2.24) is 4.90 Å². The van der Waals surface area contributed by atoms with Gasteiger partial charge in [0.2, 0.25) is 10.0 Å². The van der Waals surface area contributed by atoms with Gasteiger partial charge in [0.25, 0.3) is 0 Å². The van der Waals surface area contributed by atoms with Crippen LogP contribution in [0.25, 0.3) is 0 Å². The second kappa shape index (κ2) is 7.77. The highest BCUT2D eigenvalue weighted by Crippen LogP contribution is 2.22. The molecule has 6 nitrogen and oxygen atoms in total. The first kappa shape index (κ1) is 17.7. The lowest BCUT2D eigenvalue weighted by Gasteiger charge is -2.35. The number of nitrogens with two attached hydrogens (primary N) is 1. The fourth-order valence-corrected chi connectivity index (χ4v) is 3.78. The van der Waals surface area contributed by atoms with Gasteiger partial charge in [-0.15, -0.1) is 0 Å². The number of likely N-dealkylation sites (N-methyl/N-ethyl adjacent to an activating group) is 1. The molecular formula is C16H24N4O2S. The molecule has 0 spiro atoms. The fourth-order valence-electron chi connectivity index (χ4n) is 3.11. The summed E-state index contributed by atoms with van der Waals surface area (Å²) < 4.78 is 22.8. The minimum Gasteiger partial charge on any atom is -0.383 e. The molecule has 1 aromatic carbocycles. The van der Waals surface area contributed by atoms with E-state index in [1.807, 2.05) is 6.07 Å². The van der Waals surface area contributed by atoms with E-state index in [4.69, 9.17) is 10.4 Å². The maximum absolute atomic E-state index is 11.4. The highest BCUT2D eigenvalue weighted by Gasteiger charge is 2.21. The van der Waals surface area contributed by atoms with Crippen molar-refractivity contribution >= 4 is 15.7 Å². The van der Waals surface area contributed by atoms with E-state index in [-0.39, 0.29) is 5.75 Å². The van der Waals surface area contributed by atoms with Gasteiger partial charge in [0, 0.05) is 18.3 Å². The molecule has 1 saturated heterocycles. The average Bonchev–Trinajstić information content (AvgIpc) is 2.52. The van der Waals surface area contributed by atoms with Gasteiger partial charge < -0.3 is 5.32 Å². The fraction of sp³-hybridized carbons (Fsp3) is 0.562. The second-order valence-corrected chi connectivity index (χ2v) is 7.56. The molecule has 1 aliphatic rings. The van der Waals surface area contributed by atoms with Gasteiger partial charge >= 0.3 is 0 Å². The minimum atomic E-state index is -3.64. The van der Waals surface area contributed by atoms with E-state index in [1.54, 1.807) is 18.2 Å². The van der Waals surface area contributed by atoms with E-state index in [0.29, 0.717) is 17.2 Å². The van der Waals surface area contributed by atoms with Crippen LogP contribution in [0.15, 0.2) is 18.2 Å². The summed E-state index contributed by atoms with van der Waals surface area (Å²) in [6.45, 7) is 5.05. The zero-order valence-electron chi connectivity index (χ0n) is 13.5. The van der Waals surface area contributed by atoms with E-state index in [1.165, 1.54) is 12.8 Å². The SMILES string of the molecule is CCN1CCCCC1CNc1ccc(C#N)cc1CS(N)(=O)=O. The minimum absolute atomic E-state index is 0.271. The Morgan fingerprint density at radius 1 is 1.43 bits per heavy atom. The number of hydrogen-bond donors (Lipinski definition) is 2. The van der Waals surface area contributed by atoms with Crippen molar-refractivity contribution in [1.29, 1.82) is 5.26 Å². The molecule has 2 rings (SSSR count). The van der Waals surface area contributed by atoms with Gasteiger partial charge in [0.15, 0.2) is 0 Å². The number of primary sulfonamides is 1. The van der Waals surface area contributed by atoms with Gasteiger partial charge in [-0.05, 0) is 49.7 Å². The van der Waals surface area contributed by atoms with Crippen molar-refractivity contribution in [3.8, 4) is 6.07 Å². The lowest BCUT2D eigenvalue weighted by molar-refractivity contribution is 0.164. The van der Waals surface area contributed by atoms with E-state index >= 15 is 0 Å². The first-order chi connectivity index (χ1) is 10.9. The highest BCUT2D eigenvalue weighted by molar-refractivity contribution is 7.88. The predicted octanol–water partition coefficient (Wildman–Crippen LogP) is 1.63. The highest BCUT2D eigenvalue weighted by atomic mass is 32.2. The van der Waals surface area contributed by atoms with Crippen LogP contribution in [0.3, 0.4) is 0 Å². The van der Waals surface area contributed by atoms with Gasteiger partial charge in [0.1, 0.15) is 0 Å². The van der Waals surface area contributed by atoms with Crippen LogP contribution < -0.4 is 10.5 Å². The number of nitriles is 1. The largest absolute Gasteiger partial charge is 0.383 e. The molecule has 126 valence electrons. The summed E-state index contributed by atoms with van der Waals surface area (Å²) in [7, 11) is -3.64. The molecule has 1 aliphatic heterocycles. The van der Waals surface area contributed by atoms with Crippen molar-refractivity contribution in [2.75, 3.05) is 25.0 Å². The van der Waals surface area contributed by atoms with Crippen LogP contribution in [0.4, 0.5) is 5.69 Å². The Labute approximate surface area is 138 Å². The van der Waals surface area contributed by atoms with Crippen LogP contribution in [0.1, 0.15) is 37.3 Å². The van der Waals surface area contributed by atoms with Crippen molar-refractivity contribution < 1.29 is 8.42 Å². The topological polar surface area (TPSA) is 99.2 Å². The molecule has 7 heteroatoms. The second-order valence-electron chi connectivity index (χ2n) is 5.95. The normalized spacial score (nSPS) is 19.3. The van der Waals surface area contributed by atoms with E-state index in [0.717, 1.165) is 31.7 Å². The van der Waals surface area contributed by atoms with E-state index in [2.05, 4.69) is 17.1 Å². The molecule has 0 bridgehead atoms. The Morgan fingerprint density at radius 3 is 2.87 bits per heavy atom. The van der Waals surface area contributed by atoms with E-state index < -0.39 is 10.0 Å². The molecule has 1 fully saturated rings. The maximum atomic E-state index is 11.4. The van der Waals surface area contributed by atoms with Gasteiger partial charge in [-0.3, -0.25) is 4.90 Å². The maximum Gasteiger partial charge on any atom is 0.213 e. The molecule has 1 heterocycles. The first-order valence-corrected chi connectivity index (χ1v) is 9.66. The lowest BCUT2D eigenvalue weighted by atomic mass is 10.0. The van der Waals surface area contributed by atoms with Crippen LogP contribution in [-0.2, 0) is 15.8 Å². The van der Waals surface area contributed by atoms with Crippen LogP contribution >= 0.6 is 0 Å². The molecule has 3 N–H and O–H groups in total. The number of likely N-dealkylation sites (tertiary alicyclic amines) is 1. The molecule has 0 aliphatic carbocycles. The van der Waals surface area contributed by atoms with Gasteiger partial charge in [-0.1, -0.05) is 13.3 Å². The summed E-state index contributed by atoms with van der Waals surface area (Å²) in [6.07, 6.45) is 3.60. The Morgan fingerprint density at radius 2 is 2.22 bits per heavy atom. The summed E-state index contributed by atoms with van der Waals surface area (Å²) in [4.78, 5) is 2.44. The number of hydrogen-bond acceptors (Lipinski definition) is 5. The number of sulfonamides is 1. The van der Waals surface area contributed by atoms with Gasteiger partial charge in [-0.2, -0.15) is 5.26 Å². The summed E-state index contributed by atoms with van der Waals surface area (Å²) in [5.74, 6) is -0.271. The van der Waals surface area contributed by atoms with Crippen LogP contribution in [0.2, 0.25) is 0 Å². The molecule has 1 unspecified atom stereocenters. The van der Waals surface area contributed by atoms with Crippen molar-refractivity contribution in [3.05, 3.63) is 29.3 Å². The summed E-state index contributed by atoms with van der Waals surface area (Å²) in [6, 6.07) is 7.52. The third-order valence-electron chi connectivity index (χ3n) is 4.27. The number of anilines is 1. The van der Waals surface area contributed by atoms with Crippen molar-refractivity contribution in [3.63, 3.8) is 0 Å². The van der Waals surface area contributed by atoms with Gasteiger partial charge in [0.05, 0.1) is 17.4 Å². The Hall–Kier alpha value is -1.62. The number of benzene rings is 1. The van der Waals surface area contributed by atoms with Crippen LogP contribution in [-0.4, -0.2) is 39.0 Å². The van der Waals surface area contributed by atoms with Crippen LogP contribution in [0.5, 0.6) is 0 Å². The molecule has 0 aromatic heterocycles. The third kappa shape index (κ3) is 5.20. The summed E-state index contributed by atoms with van der Waals surface area (Å²) in [5, 5.41) is 17.5. The number of nitrogens with zero attached hydrogens (tertiary/aromatic N) is 2. The zero-order chi connectivity index (χ0) is 16.9. The Balaban J connectivity index is 2.13. The predicted molar refractivity (Wildman–Crippen MR) is 91.3 cm³/mol. The molecule has 1 atom stereocenters. The monoisotopic (exact) mass is 336 g/mol. The number of piperidine rings is 1. The van der Waals surface area contributed by atoms with Crippen LogP contribution in [0, 0.1) is 11.3 Å². The summed E-state index contributed by atoms with van der Waals surface area (Å²) in [5.41, 5.74) is 1.71. The molecule has 0 saturated carbocycles. The Kier molecular flexibility index (Phi) is 5.99. The third-order valence-corrected chi connectivity index (χ3v) is 4.99. The molecule has 1 aromatic rings. The van der Waals surface area contributed by atoms with E-state index in [9.17, 15) is 8.42 Å². The summed E-state index contributed by atoms with van der Waals surface area (Å²) >= 11 is 0. The standard InChI is InChI=1S/C16H24N4O2S/c1-2-20-8-4-3-5-15(20)11-19-16-7-6-13(10-17)9-14(16)12-23(18,21)22/h6-7,9,15,19H,2-5,8,11-12H2,1H3,(H2,18,21,22). The molecular weight excluding hydrogens is 312 g/mol. The molecule has 0 amide bonds. The smallest absolute Gasteiger partial charge is 0.213 e.